The number of ether oxygens (including phenoxy) is 1. The molecule has 3 nitrogen and oxygen atoms in total. The minimum absolute atomic E-state index is 0.0205. The summed E-state index contributed by atoms with van der Waals surface area (Å²) >= 11 is 0. The number of nitrogens with one attached hydrogen (secondary N) is 1. The molecule has 0 fully saturated rings. The molecule has 112 valence electrons. The van der Waals surface area contributed by atoms with Crippen molar-refractivity contribution in [1.82, 2.24) is 5.32 Å². The van der Waals surface area contributed by atoms with Gasteiger partial charge in [0.15, 0.2) is 0 Å². The summed E-state index contributed by atoms with van der Waals surface area (Å²) in [5, 5.41) is 12.7. The number of aliphatic hydroxyl groups is 1. The number of rotatable bonds is 7. The van der Waals surface area contributed by atoms with E-state index in [0.717, 1.165) is 24.4 Å². The topological polar surface area (TPSA) is 41.5 Å². The molecule has 0 radical (unpaired) electrons. The molecule has 2 N–H and O–H groups in total. The van der Waals surface area contributed by atoms with Gasteiger partial charge in [-0.1, -0.05) is 44.2 Å². The first kappa shape index (κ1) is 15.5. The molecular weight excluding hydrogens is 262 g/mol. The molecule has 0 bridgehead atoms. The molecule has 0 aliphatic heterocycles. The number of para-hydroxylation sites is 1. The Labute approximate surface area is 126 Å². The van der Waals surface area contributed by atoms with E-state index in [2.05, 4.69) is 31.3 Å². The molecule has 3 heteroatoms. The van der Waals surface area contributed by atoms with Crippen molar-refractivity contribution in [2.45, 2.75) is 27.0 Å². The Hall–Kier alpha value is -1.84. The van der Waals surface area contributed by atoms with Crippen LogP contribution in [0.15, 0.2) is 48.5 Å². The van der Waals surface area contributed by atoms with E-state index < -0.39 is 0 Å². The first-order valence-electron chi connectivity index (χ1n) is 7.35. The third-order valence-corrected chi connectivity index (χ3v) is 3.18. The second kappa shape index (κ2) is 7.81. The minimum atomic E-state index is -0.0205. The standard InChI is InChI=1S/C18H23NO2/c1-14(2)11-19-12-15-7-9-17(10-8-15)21-18-6-4-3-5-16(18)13-20/h3-10,14,19-20H,11-13H2,1-2H3. The highest BCUT2D eigenvalue weighted by Gasteiger charge is 2.03. The zero-order valence-corrected chi connectivity index (χ0v) is 12.7. The van der Waals surface area contributed by atoms with E-state index in [9.17, 15) is 5.11 Å². The highest BCUT2D eigenvalue weighted by atomic mass is 16.5. The maximum Gasteiger partial charge on any atom is 0.132 e. The highest BCUT2D eigenvalue weighted by molar-refractivity contribution is 5.38. The lowest BCUT2D eigenvalue weighted by atomic mass is 10.2. The molecule has 0 atom stereocenters. The van der Waals surface area contributed by atoms with Crippen LogP contribution in [0, 0.1) is 5.92 Å². The van der Waals surface area contributed by atoms with Gasteiger partial charge in [-0.15, -0.1) is 0 Å². The van der Waals surface area contributed by atoms with Crippen molar-refractivity contribution < 1.29 is 9.84 Å². The maximum absolute atomic E-state index is 9.29. The Balaban J connectivity index is 1.96. The number of aliphatic hydroxyl groups excluding tert-OH is 1. The van der Waals surface area contributed by atoms with E-state index in [0.29, 0.717) is 11.7 Å². The molecule has 0 aliphatic rings. The first-order chi connectivity index (χ1) is 10.2. The molecule has 2 rings (SSSR count). The van der Waals surface area contributed by atoms with Crippen molar-refractivity contribution in [2.75, 3.05) is 6.54 Å². The van der Waals surface area contributed by atoms with Gasteiger partial charge < -0.3 is 15.2 Å². The smallest absolute Gasteiger partial charge is 0.132 e. The fraction of sp³-hybridized carbons (Fsp3) is 0.333. The second-order valence-electron chi connectivity index (χ2n) is 5.54. The molecule has 0 saturated carbocycles. The summed E-state index contributed by atoms with van der Waals surface area (Å²) in [6, 6.07) is 15.6. The van der Waals surface area contributed by atoms with E-state index in [-0.39, 0.29) is 6.61 Å². The van der Waals surface area contributed by atoms with Gasteiger partial charge >= 0.3 is 0 Å². The monoisotopic (exact) mass is 285 g/mol. The van der Waals surface area contributed by atoms with Crippen molar-refractivity contribution in [2.24, 2.45) is 5.92 Å². The molecule has 0 spiro atoms. The van der Waals surface area contributed by atoms with Gasteiger partial charge in [0.25, 0.3) is 0 Å². The Morgan fingerprint density at radius 3 is 2.43 bits per heavy atom. The molecular formula is C18H23NO2. The Morgan fingerprint density at radius 2 is 1.76 bits per heavy atom. The Bertz CT molecular complexity index is 549. The van der Waals surface area contributed by atoms with Crippen LogP contribution in [-0.2, 0) is 13.2 Å². The van der Waals surface area contributed by atoms with Gasteiger partial charge in [-0.05, 0) is 36.2 Å². The molecule has 0 amide bonds. The van der Waals surface area contributed by atoms with Gasteiger partial charge in [0, 0.05) is 12.1 Å². The average molecular weight is 285 g/mol. The predicted molar refractivity (Wildman–Crippen MR) is 85.4 cm³/mol. The van der Waals surface area contributed by atoms with E-state index >= 15 is 0 Å². The summed E-state index contributed by atoms with van der Waals surface area (Å²) in [5.41, 5.74) is 2.03. The lowest BCUT2D eigenvalue weighted by Gasteiger charge is -2.11. The minimum Gasteiger partial charge on any atom is -0.457 e. The summed E-state index contributed by atoms with van der Waals surface area (Å²) in [6.45, 7) is 6.26. The molecule has 0 aliphatic carbocycles. The van der Waals surface area contributed by atoms with Crippen LogP contribution in [0.5, 0.6) is 11.5 Å². The summed E-state index contributed by atoms with van der Waals surface area (Å²) in [5.74, 6) is 2.14. The molecule has 0 saturated heterocycles. The third-order valence-electron chi connectivity index (χ3n) is 3.18. The Kier molecular flexibility index (Phi) is 5.78. The fourth-order valence-corrected chi connectivity index (χ4v) is 2.04. The first-order valence-corrected chi connectivity index (χ1v) is 7.35. The quantitative estimate of drug-likeness (QED) is 0.814. The summed E-state index contributed by atoms with van der Waals surface area (Å²) in [7, 11) is 0. The van der Waals surface area contributed by atoms with Crippen LogP contribution < -0.4 is 10.1 Å². The largest absolute Gasteiger partial charge is 0.457 e. The molecule has 2 aromatic rings. The van der Waals surface area contributed by atoms with Crippen LogP contribution in [0.2, 0.25) is 0 Å². The van der Waals surface area contributed by atoms with Gasteiger partial charge in [-0.25, -0.2) is 0 Å². The zero-order valence-electron chi connectivity index (χ0n) is 12.7. The molecule has 0 unspecified atom stereocenters. The van der Waals surface area contributed by atoms with Gasteiger partial charge in [0.2, 0.25) is 0 Å². The van der Waals surface area contributed by atoms with Gasteiger partial charge in [-0.3, -0.25) is 0 Å². The van der Waals surface area contributed by atoms with Crippen molar-refractivity contribution in [3.05, 3.63) is 59.7 Å². The van der Waals surface area contributed by atoms with Gasteiger partial charge in [0.05, 0.1) is 6.61 Å². The zero-order chi connectivity index (χ0) is 15.1. The lowest BCUT2D eigenvalue weighted by molar-refractivity contribution is 0.276. The number of hydrogen-bond donors (Lipinski definition) is 2. The van der Waals surface area contributed by atoms with Crippen LogP contribution in [-0.4, -0.2) is 11.7 Å². The third kappa shape index (κ3) is 4.88. The molecule has 0 heterocycles. The normalized spacial score (nSPS) is 10.9. The molecule has 21 heavy (non-hydrogen) atoms. The van der Waals surface area contributed by atoms with Crippen LogP contribution in [0.4, 0.5) is 0 Å². The number of benzene rings is 2. The van der Waals surface area contributed by atoms with Crippen LogP contribution >= 0.6 is 0 Å². The fourth-order valence-electron chi connectivity index (χ4n) is 2.04. The van der Waals surface area contributed by atoms with Crippen molar-refractivity contribution in [3.63, 3.8) is 0 Å². The van der Waals surface area contributed by atoms with Crippen LogP contribution in [0.3, 0.4) is 0 Å². The van der Waals surface area contributed by atoms with E-state index in [4.69, 9.17) is 4.74 Å². The van der Waals surface area contributed by atoms with Crippen LogP contribution in [0.25, 0.3) is 0 Å². The Morgan fingerprint density at radius 1 is 1.05 bits per heavy atom. The van der Waals surface area contributed by atoms with E-state index in [1.54, 1.807) is 0 Å². The molecule has 2 aromatic carbocycles. The summed E-state index contributed by atoms with van der Waals surface area (Å²) in [6.07, 6.45) is 0. The molecule has 0 aromatic heterocycles. The van der Waals surface area contributed by atoms with Gasteiger partial charge in [0.1, 0.15) is 11.5 Å². The summed E-state index contributed by atoms with van der Waals surface area (Å²) < 4.78 is 5.82. The van der Waals surface area contributed by atoms with E-state index in [1.165, 1.54) is 5.56 Å². The highest BCUT2D eigenvalue weighted by Crippen LogP contribution is 2.25. The number of hydrogen-bond acceptors (Lipinski definition) is 3. The van der Waals surface area contributed by atoms with Crippen molar-refractivity contribution >= 4 is 0 Å². The lowest BCUT2D eigenvalue weighted by Crippen LogP contribution is -2.18. The van der Waals surface area contributed by atoms with E-state index in [1.807, 2.05) is 36.4 Å². The van der Waals surface area contributed by atoms with Crippen molar-refractivity contribution in [1.29, 1.82) is 0 Å². The SMILES string of the molecule is CC(C)CNCc1ccc(Oc2ccccc2CO)cc1. The summed E-state index contributed by atoms with van der Waals surface area (Å²) in [4.78, 5) is 0. The van der Waals surface area contributed by atoms with Crippen LogP contribution in [0.1, 0.15) is 25.0 Å². The second-order valence-corrected chi connectivity index (χ2v) is 5.54. The predicted octanol–water partition coefficient (Wildman–Crippen LogP) is 3.72. The van der Waals surface area contributed by atoms with Crippen molar-refractivity contribution in [3.8, 4) is 11.5 Å². The van der Waals surface area contributed by atoms with Gasteiger partial charge in [-0.2, -0.15) is 0 Å². The average Bonchev–Trinajstić information content (AvgIpc) is 2.49. The maximum atomic E-state index is 9.29.